The Bertz CT molecular complexity index is 1180. The van der Waals surface area contributed by atoms with E-state index in [2.05, 4.69) is 0 Å². The average Bonchev–Trinajstić information content (AvgIpc) is 2.99. The Hall–Kier alpha value is -3.45. The van der Waals surface area contributed by atoms with Gasteiger partial charge >= 0.3 is 0 Å². The van der Waals surface area contributed by atoms with E-state index in [0.29, 0.717) is 12.0 Å². The Labute approximate surface area is 185 Å². The Kier molecular flexibility index (Phi) is 5.17. The molecule has 0 spiro atoms. The van der Waals surface area contributed by atoms with Gasteiger partial charge in [0.1, 0.15) is 34.3 Å². The van der Waals surface area contributed by atoms with E-state index in [0.717, 1.165) is 11.1 Å². The molecule has 2 aliphatic heterocycles. The first kappa shape index (κ1) is 21.8. The standard InChI is InChI=1S/C25H26O7/c1-12(2)5-7-14-18(27)11-19-20(21(14)28)23(29)25(30)16-9-10-17(26)15(8-6-13(3)4)22(16)32-24(25)31-19/h5-6,9-11,24,26-28,30H,7-8H2,1-4H3. The lowest BCUT2D eigenvalue weighted by atomic mass is 9.82. The van der Waals surface area contributed by atoms with Crippen LogP contribution in [0.25, 0.3) is 0 Å². The number of fused-ring (bicyclic) bond motifs is 4. The summed E-state index contributed by atoms with van der Waals surface area (Å²) in [5, 5.41) is 43.1. The number of benzene rings is 2. The number of carbonyl (C=O) groups is 1. The second-order valence-corrected chi connectivity index (χ2v) is 8.67. The Morgan fingerprint density at radius 3 is 2.22 bits per heavy atom. The molecule has 2 aliphatic rings. The number of ether oxygens (including phenoxy) is 2. The van der Waals surface area contributed by atoms with Crippen LogP contribution < -0.4 is 9.47 Å². The Balaban J connectivity index is 1.85. The molecule has 0 saturated heterocycles. The van der Waals surface area contributed by atoms with Crippen LogP contribution in [0.4, 0.5) is 0 Å². The van der Waals surface area contributed by atoms with Crippen LogP contribution in [-0.4, -0.2) is 32.5 Å². The molecule has 2 atom stereocenters. The van der Waals surface area contributed by atoms with Crippen LogP contribution in [0.15, 0.2) is 41.5 Å². The zero-order valence-corrected chi connectivity index (χ0v) is 18.4. The molecule has 168 valence electrons. The summed E-state index contributed by atoms with van der Waals surface area (Å²) in [6.45, 7) is 7.59. The average molecular weight is 438 g/mol. The highest BCUT2D eigenvalue weighted by Crippen LogP contribution is 2.54. The second-order valence-electron chi connectivity index (χ2n) is 8.67. The zero-order valence-electron chi connectivity index (χ0n) is 18.4. The second kappa shape index (κ2) is 7.60. The number of aromatic hydroxyl groups is 3. The van der Waals surface area contributed by atoms with E-state index in [9.17, 15) is 25.2 Å². The monoisotopic (exact) mass is 438 g/mol. The van der Waals surface area contributed by atoms with Crippen molar-refractivity contribution >= 4 is 5.78 Å². The molecule has 0 aromatic heterocycles. The van der Waals surface area contributed by atoms with Gasteiger partial charge < -0.3 is 29.9 Å². The van der Waals surface area contributed by atoms with Crippen molar-refractivity contribution in [1.29, 1.82) is 0 Å². The van der Waals surface area contributed by atoms with Crippen LogP contribution >= 0.6 is 0 Å². The number of carbonyl (C=O) groups excluding carboxylic acids is 1. The summed E-state index contributed by atoms with van der Waals surface area (Å²) in [7, 11) is 0. The number of allylic oxidation sites excluding steroid dienone is 4. The lowest BCUT2D eigenvalue weighted by molar-refractivity contribution is -0.118. The van der Waals surface area contributed by atoms with Gasteiger partial charge in [0.25, 0.3) is 6.29 Å². The fourth-order valence-electron chi connectivity index (χ4n) is 4.01. The SMILES string of the molecule is CC(C)=CCc1c(O)cc2c(c1O)C(=O)C1(O)c3ccc(O)c(CC=C(C)C)c3OC1O2. The fraction of sp³-hybridized carbons (Fsp3) is 0.320. The fourth-order valence-corrected chi connectivity index (χ4v) is 4.01. The van der Waals surface area contributed by atoms with Crippen LogP contribution in [0.5, 0.6) is 28.7 Å². The van der Waals surface area contributed by atoms with Crippen molar-refractivity contribution < 1.29 is 34.7 Å². The van der Waals surface area contributed by atoms with Gasteiger partial charge in [-0.3, -0.25) is 4.79 Å². The number of aliphatic hydroxyl groups is 1. The summed E-state index contributed by atoms with van der Waals surface area (Å²) in [5.41, 5.74) is 0.324. The van der Waals surface area contributed by atoms with Crippen LogP contribution in [0, 0.1) is 0 Å². The lowest BCUT2D eigenvalue weighted by Crippen LogP contribution is -2.51. The van der Waals surface area contributed by atoms with E-state index in [1.54, 1.807) is 6.08 Å². The maximum atomic E-state index is 13.5. The molecule has 0 aliphatic carbocycles. The van der Waals surface area contributed by atoms with Crippen molar-refractivity contribution in [3.63, 3.8) is 0 Å². The van der Waals surface area contributed by atoms with Crippen LogP contribution in [0.2, 0.25) is 0 Å². The predicted molar refractivity (Wildman–Crippen MR) is 117 cm³/mol. The molecule has 0 radical (unpaired) electrons. The van der Waals surface area contributed by atoms with Gasteiger partial charge in [0.2, 0.25) is 11.4 Å². The van der Waals surface area contributed by atoms with E-state index in [1.807, 2.05) is 33.8 Å². The molecular formula is C25H26O7. The minimum Gasteiger partial charge on any atom is -0.508 e. The third-order valence-corrected chi connectivity index (χ3v) is 5.79. The van der Waals surface area contributed by atoms with Crippen molar-refractivity contribution in [3.05, 3.63) is 63.8 Å². The van der Waals surface area contributed by atoms with Crippen molar-refractivity contribution in [2.24, 2.45) is 0 Å². The number of phenolic OH excluding ortho intramolecular Hbond substituents is 3. The third-order valence-electron chi connectivity index (χ3n) is 5.79. The summed E-state index contributed by atoms with van der Waals surface area (Å²) in [6, 6.07) is 4.07. The number of Topliss-reactive ketones (excluding diaryl/α,β-unsaturated/α-hetero) is 1. The molecule has 0 saturated carbocycles. The van der Waals surface area contributed by atoms with Gasteiger partial charge in [-0.05, 0) is 52.7 Å². The van der Waals surface area contributed by atoms with Gasteiger partial charge in [0, 0.05) is 22.8 Å². The minimum atomic E-state index is -2.21. The maximum Gasteiger partial charge on any atom is 0.281 e. The summed E-state index contributed by atoms with van der Waals surface area (Å²) in [5.74, 6) is -1.40. The van der Waals surface area contributed by atoms with Gasteiger partial charge in [-0.1, -0.05) is 23.3 Å². The molecule has 4 N–H and O–H groups in total. The topological polar surface area (TPSA) is 116 Å². The first-order valence-electron chi connectivity index (χ1n) is 10.4. The normalized spacial score (nSPS) is 20.4. The molecule has 2 aromatic rings. The highest BCUT2D eigenvalue weighted by molar-refractivity contribution is 6.09. The van der Waals surface area contributed by atoms with Crippen LogP contribution in [0.1, 0.15) is 54.7 Å². The minimum absolute atomic E-state index is 0.0297. The molecule has 0 bridgehead atoms. The molecule has 2 unspecified atom stereocenters. The first-order valence-corrected chi connectivity index (χ1v) is 10.4. The van der Waals surface area contributed by atoms with Gasteiger partial charge in [-0.2, -0.15) is 0 Å². The van der Waals surface area contributed by atoms with Crippen LogP contribution in [-0.2, 0) is 18.4 Å². The van der Waals surface area contributed by atoms with E-state index in [4.69, 9.17) is 9.47 Å². The van der Waals surface area contributed by atoms with Gasteiger partial charge in [-0.15, -0.1) is 0 Å². The molecule has 2 heterocycles. The largest absolute Gasteiger partial charge is 0.508 e. The van der Waals surface area contributed by atoms with E-state index < -0.39 is 23.4 Å². The summed E-state index contributed by atoms with van der Waals surface area (Å²) < 4.78 is 11.6. The number of hydrogen-bond donors (Lipinski definition) is 4. The number of phenols is 3. The molecule has 0 amide bonds. The lowest BCUT2D eigenvalue weighted by Gasteiger charge is -2.33. The first-order chi connectivity index (χ1) is 15.1. The highest BCUT2D eigenvalue weighted by atomic mass is 16.7. The zero-order chi connectivity index (χ0) is 23.4. The van der Waals surface area contributed by atoms with Crippen molar-refractivity contribution in [2.45, 2.75) is 52.4 Å². The summed E-state index contributed by atoms with van der Waals surface area (Å²) in [6.07, 6.45) is 2.81. The van der Waals surface area contributed by atoms with Gasteiger partial charge in [0.05, 0.1) is 0 Å². The molecule has 2 aromatic carbocycles. The van der Waals surface area contributed by atoms with E-state index >= 15 is 0 Å². The molecule has 32 heavy (non-hydrogen) atoms. The van der Waals surface area contributed by atoms with Crippen molar-refractivity contribution in [3.8, 4) is 28.7 Å². The summed E-state index contributed by atoms with van der Waals surface area (Å²) in [4.78, 5) is 13.5. The Morgan fingerprint density at radius 2 is 1.59 bits per heavy atom. The molecule has 7 heteroatoms. The van der Waals surface area contributed by atoms with E-state index in [-0.39, 0.29) is 46.1 Å². The maximum absolute atomic E-state index is 13.5. The molecule has 4 rings (SSSR count). The molecule has 7 nitrogen and oxygen atoms in total. The van der Waals surface area contributed by atoms with E-state index in [1.165, 1.54) is 18.2 Å². The predicted octanol–water partition coefficient (Wildman–Crippen LogP) is 4.00. The number of ketones is 1. The van der Waals surface area contributed by atoms with Crippen LogP contribution in [0.3, 0.4) is 0 Å². The van der Waals surface area contributed by atoms with Crippen molar-refractivity contribution in [1.82, 2.24) is 0 Å². The van der Waals surface area contributed by atoms with Crippen molar-refractivity contribution in [2.75, 3.05) is 0 Å². The number of rotatable bonds is 4. The van der Waals surface area contributed by atoms with Gasteiger partial charge in [-0.25, -0.2) is 0 Å². The molecular weight excluding hydrogens is 412 g/mol. The smallest absolute Gasteiger partial charge is 0.281 e. The summed E-state index contributed by atoms with van der Waals surface area (Å²) >= 11 is 0. The third kappa shape index (κ3) is 3.20. The highest BCUT2D eigenvalue weighted by Gasteiger charge is 2.60. The Morgan fingerprint density at radius 1 is 0.969 bits per heavy atom. The van der Waals surface area contributed by atoms with Gasteiger partial charge in [0.15, 0.2) is 0 Å². The number of hydrogen-bond acceptors (Lipinski definition) is 7. The molecule has 0 fully saturated rings. The quantitative estimate of drug-likeness (QED) is 0.533.